The van der Waals surface area contributed by atoms with Gasteiger partial charge >= 0.3 is 0 Å². The normalized spacial score (nSPS) is 10.7. The highest BCUT2D eigenvalue weighted by molar-refractivity contribution is 5.93. The van der Waals surface area contributed by atoms with E-state index in [9.17, 15) is 15.0 Å². The zero-order valence-corrected chi connectivity index (χ0v) is 16.1. The molecule has 0 saturated carbocycles. The van der Waals surface area contributed by atoms with Crippen LogP contribution in [-0.2, 0) is 0 Å². The molecule has 30 heavy (non-hydrogen) atoms. The Bertz CT molecular complexity index is 1250. The minimum absolute atomic E-state index is 0.0257. The van der Waals surface area contributed by atoms with Crippen LogP contribution in [-0.4, -0.2) is 31.1 Å². The number of carbonyl (C=O) groups excluding carboxylic acids is 1. The van der Waals surface area contributed by atoms with E-state index < -0.39 is 5.91 Å². The fourth-order valence-electron chi connectivity index (χ4n) is 3.02. The van der Waals surface area contributed by atoms with Crippen LogP contribution in [0.4, 0.5) is 0 Å². The molecule has 0 saturated heterocycles. The smallest absolute Gasteiger partial charge is 0.248 e. The SMILES string of the molecule is Cc1ccc(-c2nc(-c3ccc(C(N)=O)cc3)nc(-c3ccccc3O)n2)c(O)c1. The van der Waals surface area contributed by atoms with Crippen LogP contribution in [0.2, 0.25) is 0 Å². The monoisotopic (exact) mass is 398 g/mol. The number of phenols is 2. The number of primary amides is 1. The number of benzene rings is 3. The Labute approximate surface area is 172 Å². The molecule has 7 heteroatoms. The van der Waals surface area contributed by atoms with Gasteiger partial charge in [0.15, 0.2) is 17.5 Å². The largest absolute Gasteiger partial charge is 0.507 e. The van der Waals surface area contributed by atoms with Crippen LogP contribution in [0.1, 0.15) is 15.9 Å². The van der Waals surface area contributed by atoms with Gasteiger partial charge < -0.3 is 15.9 Å². The first-order chi connectivity index (χ1) is 14.4. The maximum atomic E-state index is 11.4. The van der Waals surface area contributed by atoms with E-state index in [1.165, 1.54) is 0 Å². The van der Waals surface area contributed by atoms with Gasteiger partial charge in [-0.05, 0) is 48.9 Å². The highest BCUT2D eigenvalue weighted by Crippen LogP contribution is 2.32. The fourth-order valence-corrected chi connectivity index (χ4v) is 3.02. The molecule has 0 aliphatic rings. The van der Waals surface area contributed by atoms with Crippen molar-refractivity contribution in [2.75, 3.05) is 0 Å². The number of nitrogens with zero attached hydrogens (tertiary/aromatic N) is 3. The van der Waals surface area contributed by atoms with Crippen molar-refractivity contribution in [1.82, 2.24) is 15.0 Å². The van der Waals surface area contributed by atoms with E-state index >= 15 is 0 Å². The summed E-state index contributed by atoms with van der Waals surface area (Å²) < 4.78 is 0. The number of rotatable bonds is 4. The van der Waals surface area contributed by atoms with Crippen LogP contribution >= 0.6 is 0 Å². The number of amides is 1. The topological polar surface area (TPSA) is 122 Å². The summed E-state index contributed by atoms with van der Waals surface area (Å²) in [5.41, 5.74) is 8.08. The molecule has 7 nitrogen and oxygen atoms in total. The Morgan fingerprint density at radius 2 is 1.37 bits per heavy atom. The third-order valence-electron chi connectivity index (χ3n) is 4.60. The lowest BCUT2D eigenvalue weighted by Crippen LogP contribution is -2.10. The second-order valence-electron chi connectivity index (χ2n) is 6.79. The molecule has 1 amide bonds. The molecule has 148 valence electrons. The van der Waals surface area contributed by atoms with Gasteiger partial charge in [0.25, 0.3) is 0 Å². The first-order valence-electron chi connectivity index (χ1n) is 9.17. The standard InChI is InChI=1S/C23H18N4O3/c1-13-6-11-17(19(29)12-13)23-26-21(15-9-7-14(8-10-15)20(24)30)25-22(27-23)16-4-2-3-5-18(16)28/h2-12,28-29H,1H3,(H2,24,30). The third kappa shape index (κ3) is 3.68. The number of nitrogens with two attached hydrogens (primary N) is 1. The van der Waals surface area contributed by atoms with Gasteiger partial charge in [0.2, 0.25) is 5.91 Å². The Morgan fingerprint density at radius 3 is 1.97 bits per heavy atom. The number of hydrogen-bond acceptors (Lipinski definition) is 6. The van der Waals surface area contributed by atoms with E-state index in [1.54, 1.807) is 60.7 Å². The van der Waals surface area contributed by atoms with Gasteiger partial charge in [0.05, 0.1) is 11.1 Å². The van der Waals surface area contributed by atoms with Crippen LogP contribution in [0.25, 0.3) is 34.2 Å². The van der Waals surface area contributed by atoms with Crippen molar-refractivity contribution in [1.29, 1.82) is 0 Å². The number of phenolic OH excluding ortho intramolecular Hbond substituents is 2. The molecule has 4 rings (SSSR count). The van der Waals surface area contributed by atoms with E-state index in [2.05, 4.69) is 15.0 Å². The van der Waals surface area contributed by atoms with Crippen LogP contribution in [0.5, 0.6) is 11.5 Å². The minimum Gasteiger partial charge on any atom is -0.507 e. The van der Waals surface area contributed by atoms with Gasteiger partial charge in [-0.3, -0.25) is 4.79 Å². The van der Waals surface area contributed by atoms with Crippen LogP contribution in [0.3, 0.4) is 0 Å². The Morgan fingerprint density at radius 1 is 0.767 bits per heavy atom. The quantitative estimate of drug-likeness (QED) is 0.482. The lowest BCUT2D eigenvalue weighted by Gasteiger charge is -2.10. The second-order valence-corrected chi connectivity index (χ2v) is 6.79. The van der Waals surface area contributed by atoms with Crippen LogP contribution < -0.4 is 5.73 Å². The van der Waals surface area contributed by atoms with Gasteiger partial charge in [-0.15, -0.1) is 0 Å². The maximum absolute atomic E-state index is 11.4. The fraction of sp³-hybridized carbons (Fsp3) is 0.0435. The molecule has 0 spiro atoms. The summed E-state index contributed by atoms with van der Waals surface area (Å²) in [6.45, 7) is 1.87. The molecule has 0 bridgehead atoms. The first-order valence-corrected chi connectivity index (χ1v) is 9.17. The summed E-state index contributed by atoms with van der Waals surface area (Å²) in [6, 6.07) is 18.5. The molecule has 0 atom stereocenters. The predicted octanol–water partition coefficient (Wildman–Crippen LogP) is 3.69. The van der Waals surface area contributed by atoms with Crippen molar-refractivity contribution in [2.24, 2.45) is 5.73 Å². The highest BCUT2D eigenvalue weighted by Gasteiger charge is 2.16. The van der Waals surface area contributed by atoms with Gasteiger partial charge in [0.1, 0.15) is 11.5 Å². The molecule has 4 N–H and O–H groups in total. The van der Waals surface area contributed by atoms with Crippen molar-refractivity contribution in [3.05, 3.63) is 77.9 Å². The average molecular weight is 398 g/mol. The van der Waals surface area contributed by atoms with E-state index in [4.69, 9.17) is 5.73 Å². The molecule has 3 aromatic carbocycles. The van der Waals surface area contributed by atoms with Gasteiger partial charge in [-0.25, -0.2) is 15.0 Å². The molecule has 0 unspecified atom stereocenters. The van der Waals surface area contributed by atoms with Crippen molar-refractivity contribution in [3.8, 4) is 45.7 Å². The van der Waals surface area contributed by atoms with E-state index in [0.717, 1.165) is 5.56 Å². The Hall–Kier alpha value is -4.26. The molecule has 1 aromatic heterocycles. The molecule has 0 radical (unpaired) electrons. The van der Waals surface area contributed by atoms with Gasteiger partial charge in [0, 0.05) is 11.1 Å². The molecule has 0 aliphatic heterocycles. The first kappa shape index (κ1) is 19.1. The number of aryl methyl sites for hydroxylation is 1. The van der Waals surface area contributed by atoms with E-state index in [1.807, 2.05) is 13.0 Å². The summed E-state index contributed by atoms with van der Waals surface area (Å²) in [5, 5.41) is 20.7. The summed E-state index contributed by atoms with van der Waals surface area (Å²) in [4.78, 5) is 24.9. The lowest BCUT2D eigenvalue weighted by atomic mass is 10.1. The molecule has 1 heterocycles. The molecule has 0 fully saturated rings. The number of carbonyl (C=O) groups is 1. The average Bonchev–Trinajstić information content (AvgIpc) is 2.74. The maximum Gasteiger partial charge on any atom is 0.248 e. The van der Waals surface area contributed by atoms with Crippen molar-refractivity contribution in [2.45, 2.75) is 6.92 Å². The van der Waals surface area contributed by atoms with E-state index in [0.29, 0.717) is 28.1 Å². The third-order valence-corrected chi connectivity index (χ3v) is 4.60. The second kappa shape index (κ2) is 7.63. The summed E-state index contributed by atoms with van der Waals surface area (Å²) in [5.74, 6) is 0.380. The molecule has 0 aliphatic carbocycles. The zero-order chi connectivity index (χ0) is 21.3. The van der Waals surface area contributed by atoms with Gasteiger partial charge in [-0.2, -0.15) is 0 Å². The van der Waals surface area contributed by atoms with E-state index in [-0.39, 0.29) is 23.1 Å². The summed E-state index contributed by atoms with van der Waals surface area (Å²) in [7, 11) is 0. The summed E-state index contributed by atoms with van der Waals surface area (Å²) in [6.07, 6.45) is 0. The Kier molecular flexibility index (Phi) is 4.85. The Balaban J connectivity index is 1.92. The van der Waals surface area contributed by atoms with Gasteiger partial charge in [-0.1, -0.05) is 30.3 Å². The number of aromatic nitrogens is 3. The van der Waals surface area contributed by atoms with Crippen LogP contribution in [0.15, 0.2) is 66.7 Å². The number of para-hydroxylation sites is 1. The van der Waals surface area contributed by atoms with Crippen molar-refractivity contribution < 1.29 is 15.0 Å². The van der Waals surface area contributed by atoms with Crippen molar-refractivity contribution in [3.63, 3.8) is 0 Å². The van der Waals surface area contributed by atoms with Crippen LogP contribution in [0, 0.1) is 6.92 Å². The minimum atomic E-state index is -0.530. The number of aromatic hydroxyl groups is 2. The highest BCUT2D eigenvalue weighted by atomic mass is 16.3. The molecular formula is C23H18N4O3. The number of hydrogen-bond donors (Lipinski definition) is 3. The molecule has 4 aromatic rings. The zero-order valence-electron chi connectivity index (χ0n) is 16.1. The van der Waals surface area contributed by atoms with Crippen molar-refractivity contribution >= 4 is 5.91 Å². The molecular weight excluding hydrogens is 380 g/mol. The summed E-state index contributed by atoms with van der Waals surface area (Å²) >= 11 is 0. The predicted molar refractivity (Wildman–Crippen MR) is 113 cm³/mol. The lowest BCUT2D eigenvalue weighted by molar-refractivity contribution is 0.100.